The Morgan fingerprint density at radius 3 is 1.92 bits per heavy atom. The molecule has 1 aliphatic rings. The molecular weight excluding hydrogens is 480 g/mol. The zero-order valence-corrected chi connectivity index (χ0v) is 22.3. The molecule has 3 aromatic rings. The van der Waals surface area contributed by atoms with Crippen LogP contribution in [0.15, 0.2) is 77.9 Å². The lowest BCUT2D eigenvalue weighted by molar-refractivity contribution is -0.121. The van der Waals surface area contributed by atoms with Crippen LogP contribution in [0.1, 0.15) is 29.2 Å². The van der Waals surface area contributed by atoms with Crippen LogP contribution in [0.25, 0.3) is 0 Å². The second-order valence-electron chi connectivity index (χ2n) is 9.10. The number of hydrazone groups is 1. The number of carbonyl (C=O) groups excluding carboxylic acids is 1. The van der Waals surface area contributed by atoms with Crippen LogP contribution in [-0.4, -0.2) is 76.0 Å². The van der Waals surface area contributed by atoms with Crippen molar-refractivity contribution in [2.75, 3.05) is 54.1 Å². The van der Waals surface area contributed by atoms with Crippen LogP contribution in [0.5, 0.6) is 17.2 Å². The highest BCUT2D eigenvalue weighted by Gasteiger charge is 2.26. The van der Waals surface area contributed by atoms with Crippen molar-refractivity contribution in [3.63, 3.8) is 0 Å². The zero-order valence-electron chi connectivity index (χ0n) is 22.3. The third-order valence-electron chi connectivity index (χ3n) is 6.75. The Morgan fingerprint density at radius 1 is 0.868 bits per heavy atom. The zero-order chi connectivity index (χ0) is 26.7. The highest BCUT2D eigenvalue weighted by Crippen LogP contribution is 2.37. The van der Waals surface area contributed by atoms with Gasteiger partial charge in [-0.1, -0.05) is 60.7 Å². The monoisotopic (exact) mass is 516 g/mol. The second kappa shape index (κ2) is 13.6. The van der Waals surface area contributed by atoms with Crippen LogP contribution in [0.4, 0.5) is 0 Å². The van der Waals surface area contributed by atoms with Crippen molar-refractivity contribution in [2.24, 2.45) is 5.10 Å². The van der Waals surface area contributed by atoms with Gasteiger partial charge in [-0.2, -0.15) is 5.10 Å². The smallest absolute Gasteiger partial charge is 0.241 e. The van der Waals surface area contributed by atoms with Crippen LogP contribution < -0.4 is 19.6 Å². The van der Waals surface area contributed by atoms with E-state index >= 15 is 0 Å². The van der Waals surface area contributed by atoms with E-state index in [4.69, 9.17) is 14.2 Å². The largest absolute Gasteiger partial charge is 0.493 e. The molecule has 1 fully saturated rings. The van der Waals surface area contributed by atoms with Crippen LogP contribution in [-0.2, 0) is 4.79 Å². The topological polar surface area (TPSA) is 75.6 Å². The predicted octanol–water partition coefficient (Wildman–Crippen LogP) is 3.96. The summed E-state index contributed by atoms with van der Waals surface area (Å²) in [6.07, 6.45) is 1.95. The molecule has 1 N–H and O–H groups in total. The molecule has 8 heteroatoms. The number of hydrogen-bond acceptors (Lipinski definition) is 7. The van der Waals surface area contributed by atoms with Crippen molar-refractivity contribution in [1.82, 2.24) is 15.2 Å². The molecule has 0 aliphatic carbocycles. The molecule has 0 bridgehead atoms. The quantitative estimate of drug-likeness (QED) is 0.307. The molecule has 38 heavy (non-hydrogen) atoms. The highest BCUT2D eigenvalue weighted by molar-refractivity contribution is 5.84. The first kappa shape index (κ1) is 27.2. The van der Waals surface area contributed by atoms with Gasteiger partial charge < -0.3 is 19.1 Å². The van der Waals surface area contributed by atoms with E-state index in [0.717, 1.165) is 31.7 Å². The maximum atomic E-state index is 12.4. The maximum Gasteiger partial charge on any atom is 0.241 e. The summed E-state index contributed by atoms with van der Waals surface area (Å²) in [4.78, 5) is 17.3. The average Bonchev–Trinajstić information content (AvgIpc) is 2.97. The lowest BCUT2D eigenvalue weighted by Crippen LogP contribution is -2.48. The fourth-order valence-electron chi connectivity index (χ4n) is 4.80. The van der Waals surface area contributed by atoms with Crippen LogP contribution in [0.3, 0.4) is 0 Å². The summed E-state index contributed by atoms with van der Waals surface area (Å²) in [5.74, 6) is 1.44. The number of methoxy groups -OCH3 is 3. The molecular formula is C30H36N4O4. The molecule has 1 heterocycles. The number of hydrogen-bond donors (Lipinski definition) is 1. The predicted molar refractivity (Wildman–Crippen MR) is 149 cm³/mol. The van der Waals surface area contributed by atoms with E-state index in [1.54, 1.807) is 39.7 Å². The fourth-order valence-corrected chi connectivity index (χ4v) is 4.80. The molecule has 0 radical (unpaired) electrons. The van der Waals surface area contributed by atoms with Crippen LogP contribution >= 0.6 is 0 Å². The Balaban J connectivity index is 1.27. The van der Waals surface area contributed by atoms with Crippen molar-refractivity contribution in [3.8, 4) is 17.2 Å². The Morgan fingerprint density at radius 2 is 1.42 bits per heavy atom. The molecule has 200 valence electrons. The summed E-state index contributed by atoms with van der Waals surface area (Å²) >= 11 is 0. The van der Waals surface area contributed by atoms with E-state index in [1.807, 2.05) is 0 Å². The van der Waals surface area contributed by atoms with Gasteiger partial charge in [-0.15, -0.1) is 0 Å². The van der Waals surface area contributed by atoms with Gasteiger partial charge >= 0.3 is 0 Å². The summed E-state index contributed by atoms with van der Waals surface area (Å²) < 4.78 is 16.1. The second-order valence-corrected chi connectivity index (χ2v) is 9.10. The number of nitrogens with one attached hydrogen (secondary N) is 1. The van der Waals surface area contributed by atoms with Gasteiger partial charge in [0, 0.05) is 44.7 Å². The summed E-state index contributed by atoms with van der Waals surface area (Å²) in [5.41, 5.74) is 5.95. The van der Waals surface area contributed by atoms with Gasteiger partial charge in [0.05, 0.1) is 33.6 Å². The lowest BCUT2D eigenvalue weighted by Gasteiger charge is -2.39. The van der Waals surface area contributed by atoms with Gasteiger partial charge in [-0.3, -0.25) is 9.69 Å². The minimum Gasteiger partial charge on any atom is -0.493 e. The summed E-state index contributed by atoms with van der Waals surface area (Å²) in [6, 6.07) is 25.1. The first-order chi connectivity index (χ1) is 18.6. The Kier molecular flexibility index (Phi) is 9.72. The van der Waals surface area contributed by atoms with Crippen molar-refractivity contribution in [2.45, 2.75) is 12.5 Å². The van der Waals surface area contributed by atoms with Crippen molar-refractivity contribution >= 4 is 12.1 Å². The Labute approximate surface area is 224 Å². The molecule has 0 aromatic heterocycles. The molecule has 1 amide bonds. The first-order valence-electron chi connectivity index (χ1n) is 12.8. The Hall–Kier alpha value is -3.88. The summed E-state index contributed by atoms with van der Waals surface area (Å²) in [5, 5.41) is 4.11. The molecule has 0 spiro atoms. The molecule has 8 nitrogen and oxygen atoms in total. The van der Waals surface area contributed by atoms with E-state index in [0.29, 0.717) is 30.2 Å². The number of piperazine rings is 1. The number of amides is 1. The molecule has 4 rings (SSSR count). The van der Waals surface area contributed by atoms with Gasteiger partial charge in [0.1, 0.15) is 0 Å². The van der Waals surface area contributed by atoms with E-state index < -0.39 is 0 Å². The van der Waals surface area contributed by atoms with Gasteiger partial charge in [-0.25, -0.2) is 5.43 Å². The number of carbonyl (C=O) groups is 1. The molecule has 0 atom stereocenters. The van der Waals surface area contributed by atoms with Crippen LogP contribution in [0, 0.1) is 0 Å². The number of benzene rings is 3. The molecule has 3 aromatic carbocycles. The summed E-state index contributed by atoms with van der Waals surface area (Å²) in [7, 11) is 4.67. The highest BCUT2D eigenvalue weighted by atomic mass is 16.5. The standard InChI is InChI=1S/C30H36N4O4/c1-36-26-20-23(21-27(37-2)30(26)38-3)22-31-32-28(35)14-15-33-16-18-34(19-17-33)29(24-10-6-4-7-11-24)25-12-8-5-9-13-25/h4-13,20-22,29H,14-19H2,1-3H3,(H,32,35). The number of nitrogens with zero attached hydrogens (tertiary/aromatic N) is 3. The third-order valence-corrected chi connectivity index (χ3v) is 6.75. The molecule has 0 unspecified atom stereocenters. The minimum atomic E-state index is -0.123. The van der Waals surface area contributed by atoms with Gasteiger partial charge in [0.2, 0.25) is 11.7 Å². The molecule has 1 aliphatic heterocycles. The maximum absolute atomic E-state index is 12.4. The molecule has 0 saturated carbocycles. The SMILES string of the molecule is COc1cc(C=NNC(=O)CCN2CCN(C(c3ccccc3)c3ccccc3)CC2)cc(OC)c1OC. The van der Waals surface area contributed by atoms with Crippen molar-refractivity contribution in [1.29, 1.82) is 0 Å². The molecule has 1 saturated heterocycles. The normalized spacial score (nSPS) is 14.5. The lowest BCUT2D eigenvalue weighted by atomic mass is 9.96. The van der Waals surface area contributed by atoms with E-state index in [-0.39, 0.29) is 11.9 Å². The van der Waals surface area contributed by atoms with E-state index in [1.165, 1.54) is 11.1 Å². The average molecular weight is 517 g/mol. The third kappa shape index (κ3) is 6.90. The first-order valence-corrected chi connectivity index (χ1v) is 12.8. The van der Waals surface area contributed by atoms with E-state index in [2.05, 4.69) is 81.0 Å². The fraction of sp³-hybridized carbons (Fsp3) is 0.333. The van der Waals surface area contributed by atoms with Crippen LogP contribution in [0.2, 0.25) is 0 Å². The van der Waals surface area contributed by atoms with Gasteiger partial charge in [-0.05, 0) is 23.3 Å². The number of rotatable bonds is 11. The van der Waals surface area contributed by atoms with Gasteiger partial charge in [0.25, 0.3) is 0 Å². The van der Waals surface area contributed by atoms with Crippen molar-refractivity contribution in [3.05, 3.63) is 89.5 Å². The van der Waals surface area contributed by atoms with Gasteiger partial charge in [0.15, 0.2) is 11.5 Å². The number of ether oxygens (including phenoxy) is 3. The van der Waals surface area contributed by atoms with Crippen molar-refractivity contribution < 1.29 is 19.0 Å². The minimum absolute atomic E-state index is 0.123. The van der Waals surface area contributed by atoms with E-state index in [9.17, 15) is 4.79 Å². The summed E-state index contributed by atoms with van der Waals surface area (Å²) in [6.45, 7) is 4.40. The Bertz CT molecular complexity index is 1130.